The predicted molar refractivity (Wildman–Crippen MR) is 74.3 cm³/mol. The molecule has 0 aliphatic carbocycles. The zero-order valence-corrected chi connectivity index (χ0v) is 11.5. The molecule has 1 unspecified atom stereocenters. The van der Waals surface area contributed by atoms with Crippen LogP contribution in [0.3, 0.4) is 0 Å². The zero-order chi connectivity index (χ0) is 15.1. The molecule has 1 aliphatic heterocycles. The van der Waals surface area contributed by atoms with Gasteiger partial charge in [-0.15, -0.1) is 0 Å². The third-order valence-corrected chi connectivity index (χ3v) is 3.31. The van der Waals surface area contributed by atoms with Crippen LogP contribution < -0.4 is 10.1 Å². The predicted octanol–water partition coefficient (Wildman–Crippen LogP) is 1.50. The van der Waals surface area contributed by atoms with Gasteiger partial charge < -0.3 is 15.2 Å². The first kappa shape index (κ1) is 13.2. The first-order valence-electron chi connectivity index (χ1n) is 6.35. The van der Waals surface area contributed by atoms with Crippen LogP contribution in [0.4, 0.5) is 5.69 Å². The van der Waals surface area contributed by atoms with Gasteiger partial charge in [0.2, 0.25) is 0 Å². The number of carboxylic acid groups (broad SMARTS) is 1. The molecular formula is C14H13N3O4. The second-order valence-electron chi connectivity index (χ2n) is 4.80. The monoisotopic (exact) mass is 287 g/mol. The maximum Gasteiger partial charge on any atom is 0.354 e. The molecule has 2 aromatic rings. The fourth-order valence-electron chi connectivity index (χ4n) is 2.18. The van der Waals surface area contributed by atoms with Gasteiger partial charge in [0.1, 0.15) is 11.4 Å². The van der Waals surface area contributed by atoms with E-state index in [-0.39, 0.29) is 11.6 Å². The van der Waals surface area contributed by atoms with Crippen molar-refractivity contribution in [1.82, 2.24) is 9.78 Å². The van der Waals surface area contributed by atoms with E-state index < -0.39 is 12.1 Å². The molecule has 7 nitrogen and oxygen atoms in total. The lowest BCUT2D eigenvalue weighted by Crippen LogP contribution is -2.34. The lowest BCUT2D eigenvalue weighted by Gasteiger charge is -2.23. The molecule has 0 saturated carbocycles. The van der Waals surface area contributed by atoms with Gasteiger partial charge in [0, 0.05) is 12.6 Å². The van der Waals surface area contributed by atoms with Crippen LogP contribution in [0, 0.1) is 0 Å². The molecule has 3 rings (SSSR count). The molecule has 1 amide bonds. The summed E-state index contributed by atoms with van der Waals surface area (Å²) in [6, 6.07) is 6.71. The third kappa shape index (κ3) is 2.22. The first-order valence-corrected chi connectivity index (χ1v) is 6.35. The number of hydrogen-bond acceptors (Lipinski definition) is 4. The van der Waals surface area contributed by atoms with Crippen LogP contribution >= 0.6 is 0 Å². The van der Waals surface area contributed by atoms with Crippen molar-refractivity contribution in [3.63, 3.8) is 0 Å². The van der Waals surface area contributed by atoms with E-state index in [9.17, 15) is 9.59 Å². The number of rotatable bonds is 2. The summed E-state index contributed by atoms with van der Waals surface area (Å²) in [5, 5.41) is 16.0. The molecule has 0 saturated heterocycles. The highest BCUT2D eigenvalue weighted by Crippen LogP contribution is 2.33. The number of fused-ring (bicyclic) bond motifs is 1. The van der Waals surface area contributed by atoms with E-state index >= 15 is 0 Å². The number of amides is 1. The summed E-state index contributed by atoms with van der Waals surface area (Å²) in [4.78, 5) is 22.7. The summed E-state index contributed by atoms with van der Waals surface area (Å²) < 4.78 is 6.77. The minimum absolute atomic E-state index is 0.0941. The average molecular weight is 287 g/mol. The molecule has 7 heteroatoms. The van der Waals surface area contributed by atoms with E-state index in [1.54, 1.807) is 32.2 Å². The summed E-state index contributed by atoms with van der Waals surface area (Å²) in [5.74, 6) is -0.674. The summed E-state index contributed by atoms with van der Waals surface area (Å²) in [6.45, 7) is 1.67. The van der Waals surface area contributed by atoms with Crippen LogP contribution in [0.5, 0.6) is 5.75 Å². The van der Waals surface area contributed by atoms with Crippen molar-refractivity contribution >= 4 is 17.6 Å². The number of hydrogen-bond donors (Lipinski definition) is 2. The quantitative estimate of drug-likeness (QED) is 0.873. The van der Waals surface area contributed by atoms with Gasteiger partial charge >= 0.3 is 5.97 Å². The van der Waals surface area contributed by atoms with Crippen molar-refractivity contribution in [2.75, 3.05) is 5.32 Å². The molecule has 0 radical (unpaired) electrons. The molecule has 21 heavy (non-hydrogen) atoms. The number of carbonyl (C=O) groups excluding carboxylic acids is 1. The number of anilines is 1. The molecule has 0 fully saturated rings. The van der Waals surface area contributed by atoms with Crippen molar-refractivity contribution in [2.45, 2.75) is 13.0 Å². The van der Waals surface area contributed by atoms with Crippen LogP contribution in [-0.4, -0.2) is 32.9 Å². The molecule has 108 valence electrons. The number of nitrogens with one attached hydrogen (secondary N) is 1. The van der Waals surface area contributed by atoms with Crippen molar-refractivity contribution < 1.29 is 19.4 Å². The topological polar surface area (TPSA) is 93.4 Å². The number of carboxylic acids is 1. The van der Waals surface area contributed by atoms with Crippen LogP contribution in [0.2, 0.25) is 0 Å². The molecule has 1 aromatic carbocycles. The van der Waals surface area contributed by atoms with Gasteiger partial charge in [-0.2, -0.15) is 5.10 Å². The Labute approximate surface area is 120 Å². The van der Waals surface area contributed by atoms with E-state index in [4.69, 9.17) is 9.84 Å². The number of aryl methyl sites for hydroxylation is 1. The molecular weight excluding hydrogens is 274 g/mol. The number of nitrogens with zero attached hydrogens (tertiary/aromatic N) is 2. The van der Waals surface area contributed by atoms with Crippen molar-refractivity contribution in [3.8, 4) is 17.0 Å². The van der Waals surface area contributed by atoms with Crippen molar-refractivity contribution in [2.24, 2.45) is 7.05 Å². The number of aromatic nitrogens is 2. The Morgan fingerprint density at radius 3 is 2.86 bits per heavy atom. The zero-order valence-electron chi connectivity index (χ0n) is 11.5. The minimum atomic E-state index is -1.04. The summed E-state index contributed by atoms with van der Waals surface area (Å²) in [7, 11) is 1.57. The van der Waals surface area contributed by atoms with Crippen molar-refractivity contribution in [1.29, 1.82) is 0 Å². The van der Waals surface area contributed by atoms with Gasteiger partial charge in [0.05, 0.1) is 11.4 Å². The molecule has 2 N–H and O–H groups in total. The average Bonchev–Trinajstić information content (AvgIpc) is 2.82. The fourth-order valence-corrected chi connectivity index (χ4v) is 2.18. The maximum absolute atomic E-state index is 11.6. The number of benzene rings is 1. The normalized spacial score (nSPS) is 16.9. The lowest BCUT2D eigenvalue weighted by atomic mass is 10.1. The lowest BCUT2D eigenvalue weighted by molar-refractivity contribution is -0.122. The van der Waals surface area contributed by atoms with E-state index in [0.29, 0.717) is 22.7 Å². The molecule has 0 bridgehead atoms. The SMILES string of the molecule is CC1Oc2ccc(-c3cc(C(=O)O)n(C)n3)cc2NC1=O. The van der Waals surface area contributed by atoms with E-state index in [2.05, 4.69) is 10.4 Å². The Hall–Kier alpha value is -2.83. The maximum atomic E-state index is 11.6. The molecule has 0 spiro atoms. The van der Waals surface area contributed by atoms with Gasteiger partial charge in [-0.1, -0.05) is 0 Å². The first-order chi connectivity index (χ1) is 9.95. The van der Waals surface area contributed by atoms with E-state index in [0.717, 1.165) is 0 Å². The van der Waals surface area contributed by atoms with Crippen molar-refractivity contribution in [3.05, 3.63) is 30.0 Å². The third-order valence-electron chi connectivity index (χ3n) is 3.31. The summed E-state index contributed by atoms with van der Waals surface area (Å²) in [5.41, 5.74) is 1.87. The highest BCUT2D eigenvalue weighted by atomic mass is 16.5. The van der Waals surface area contributed by atoms with Crippen LogP contribution in [0.25, 0.3) is 11.3 Å². The van der Waals surface area contributed by atoms with Gasteiger partial charge in [-0.3, -0.25) is 9.48 Å². The van der Waals surface area contributed by atoms with Crippen LogP contribution in [0.15, 0.2) is 24.3 Å². The van der Waals surface area contributed by atoms with Gasteiger partial charge in [0.25, 0.3) is 5.91 Å². The smallest absolute Gasteiger partial charge is 0.354 e. The van der Waals surface area contributed by atoms with Gasteiger partial charge in [0.15, 0.2) is 6.10 Å². The number of aromatic carboxylic acids is 1. The van der Waals surface area contributed by atoms with Crippen LogP contribution in [-0.2, 0) is 11.8 Å². The molecule has 1 aliphatic rings. The second kappa shape index (κ2) is 4.62. The Morgan fingerprint density at radius 1 is 1.43 bits per heavy atom. The molecule has 2 heterocycles. The largest absolute Gasteiger partial charge is 0.479 e. The van der Waals surface area contributed by atoms with E-state index in [1.165, 1.54) is 10.7 Å². The Kier molecular flexibility index (Phi) is 2.90. The minimum Gasteiger partial charge on any atom is -0.479 e. The fraction of sp³-hybridized carbons (Fsp3) is 0.214. The Morgan fingerprint density at radius 2 is 2.19 bits per heavy atom. The molecule has 1 atom stereocenters. The number of carbonyl (C=O) groups is 2. The van der Waals surface area contributed by atoms with Gasteiger partial charge in [-0.25, -0.2) is 4.79 Å². The highest BCUT2D eigenvalue weighted by Gasteiger charge is 2.24. The van der Waals surface area contributed by atoms with Gasteiger partial charge in [-0.05, 0) is 31.2 Å². The summed E-state index contributed by atoms with van der Waals surface area (Å²) in [6.07, 6.45) is -0.531. The summed E-state index contributed by atoms with van der Waals surface area (Å²) >= 11 is 0. The second-order valence-corrected chi connectivity index (χ2v) is 4.80. The van der Waals surface area contributed by atoms with Crippen LogP contribution in [0.1, 0.15) is 17.4 Å². The highest BCUT2D eigenvalue weighted by molar-refractivity contribution is 5.98. The van der Waals surface area contributed by atoms with E-state index in [1.807, 2.05) is 0 Å². The Balaban J connectivity index is 2.01. The molecule has 1 aromatic heterocycles. The number of ether oxygens (including phenoxy) is 1. The standard InChI is InChI=1S/C14H13N3O4/c1-7-13(18)15-10-5-8(3-4-12(10)21-7)9-6-11(14(19)20)17(2)16-9/h3-7H,1-2H3,(H,15,18)(H,19,20). The Bertz CT molecular complexity index is 751.